The summed E-state index contributed by atoms with van der Waals surface area (Å²) >= 11 is 0. The molecule has 0 amide bonds. The number of nitriles is 1. The number of benzene rings is 2. The standard InChI is InChI=1S/C20H19N5/c1-15-12-19(23-18-10-8-16(13-21)9-11-18)24-20(22-15)25(2)14-17-6-4-3-5-7-17/h3-12H,14H2,1-2H3,(H,22,23,24). The first-order chi connectivity index (χ1) is 12.1. The number of nitrogens with zero attached hydrogens (tertiary/aromatic N) is 4. The van der Waals surface area contributed by atoms with E-state index in [1.165, 1.54) is 5.56 Å². The minimum Gasteiger partial charge on any atom is -0.340 e. The molecule has 1 heterocycles. The maximum absolute atomic E-state index is 8.88. The zero-order valence-corrected chi connectivity index (χ0v) is 14.3. The molecule has 0 spiro atoms. The molecule has 1 N–H and O–H groups in total. The number of rotatable bonds is 5. The molecule has 0 radical (unpaired) electrons. The van der Waals surface area contributed by atoms with Crippen LogP contribution in [-0.4, -0.2) is 17.0 Å². The molecule has 0 aliphatic heterocycles. The van der Waals surface area contributed by atoms with E-state index in [1.54, 1.807) is 12.1 Å². The van der Waals surface area contributed by atoms with E-state index in [1.807, 2.05) is 55.3 Å². The molecule has 5 nitrogen and oxygen atoms in total. The molecule has 0 saturated carbocycles. The number of hydrogen-bond acceptors (Lipinski definition) is 5. The summed E-state index contributed by atoms with van der Waals surface area (Å²) in [5.41, 5.74) is 3.61. The van der Waals surface area contributed by atoms with E-state index in [0.29, 0.717) is 11.5 Å². The lowest BCUT2D eigenvalue weighted by molar-refractivity contribution is 0.861. The van der Waals surface area contributed by atoms with Crippen molar-refractivity contribution in [1.29, 1.82) is 5.26 Å². The molecule has 0 fully saturated rings. The van der Waals surface area contributed by atoms with Crippen LogP contribution in [0.2, 0.25) is 0 Å². The minimum absolute atomic E-state index is 0.632. The van der Waals surface area contributed by atoms with E-state index in [4.69, 9.17) is 5.26 Å². The highest BCUT2D eigenvalue weighted by Gasteiger charge is 2.08. The van der Waals surface area contributed by atoms with Crippen molar-refractivity contribution in [2.24, 2.45) is 0 Å². The normalized spacial score (nSPS) is 10.1. The molecular formula is C20H19N5. The lowest BCUT2D eigenvalue weighted by atomic mass is 10.2. The second-order valence-electron chi connectivity index (χ2n) is 5.85. The Labute approximate surface area is 147 Å². The molecule has 0 bridgehead atoms. The Kier molecular flexibility index (Phi) is 4.91. The summed E-state index contributed by atoms with van der Waals surface area (Å²) in [6.45, 7) is 2.69. The molecule has 0 aliphatic rings. The van der Waals surface area contributed by atoms with Gasteiger partial charge in [0, 0.05) is 31.0 Å². The van der Waals surface area contributed by atoms with Gasteiger partial charge in [0.1, 0.15) is 5.82 Å². The van der Waals surface area contributed by atoms with E-state index in [0.717, 1.165) is 23.7 Å². The Bertz CT molecular complexity index is 882. The van der Waals surface area contributed by atoms with Gasteiger partial charge in [-0.2, -0.15) is 10.2 Å². The van der Waals surface area contributed by atoms with Crippen LogP contribution >= 0.6 is 0 Å². The molecular weight excluding hydrogens is 310 g/mol. The van der Waals surface area contributed by atoms with Crippen molar-refractivity contribution in [2.75, 3.05) is 17.3 Å². The van der Waals surface area contributed by atoms with Crippen LogP contribution in [0.3, 0.4) is 0 Å². The lowest BCUT2D eigenvalue weighted by Crippen LogP contribution is -2.19. The molecule has 124 valence electrons. The number of nitrogens with one attached hydrogen (secondary N) is 1. The SMILES string of the molecule is Cc1cc(Nc2ccc(C#N)cc2)nc(N(C)Cc2ccccc2)n1. The van der Waals surface area contributed by atoms with E-state index in [9.17, 15) is 0 Å². The zero-order valence-electron chi connectivity index (χ0n) is 14.3. The van der Waals surface area contributed by atoms with Gasteiger partial charge in [-0.25, -0.2) is 4.98 Å². The molecule has 2 aromatic carbocycles. The van der Waals surface area contributed by atoms with Crippen LogP contribution in [0.25, 0.3) is 0 Å². The number of aromatic nitrogens is 2. The molecule has 0 unspecified atom stereocenters. The van der Waals surface area contributed by atoms with Gasteiger partial charge in [0.2, 0.25) is 5.95 Å². The van der Waals surface area contributed by atoms with Crippen LogP contribution in [0.1, 0.15) is 16.8 Å². The Balaban J connectivity index is 1.78. The lowest BCUT2D eigenvalue weighted by Gasteiger charge is -2.18. The second-order valence-corrected chi connectivity index (χ2v) is 5.85. The highest BCUT2D eigenvalue weighted by Crippen LogP contribution is 2.19. The maximum atomic E-state index is 8.88. The molecule has 5 heteroatoms. The third-order valence-corrected chi connectivity index (χ3v) is 3.73. The van der Waals surface area contributed by atoms with Crippen molar-refractivity contribution >= 4 is 17.5 Å². The van der Waals surface area contributed by atoms with Crippen molar-refractivity contribution < 1.29 is 0 Å². The monoisotopic (exact) mass is 329 g/mol. The quantitative estimate of drug-likeness (QED) is 0.765. The fourth-order valence-electron chi connectivity index (χ4n) is 2.49. The van der Waals surface area contributed by atoms with Crippen molar-refractivity contribution in [2.45, 2.75) is 13.5 Å². The van der Waals surface area contributed by atoms with Gasteiger partial charge in [-0.05, 0) is 36.8 Å². The van der Waals surface area contributed by atoms with E-state index in [2.05, 4.69) is 33.5 Å². The summed E-state index contributed by atoms with van der Waals surface area (Å²) in [6.07, 6.45) is 0. The molecule has 25 heavy (non-hydrogen) atoms. The number of hydrogen-bond donors (Lipinski definition) is 1. The fraction of sp³-hybridized carbons (Fsp3) is 0.150. The average Bonchev–Trinajstić information content (AvgIpc) is 2.63. The second kappa shape index (κ2) is 7.45. The van der Waals surface area contributed by atoms with Crippen LogP contribution in [0.15, 0.2) is 60.7 Å². The van der Waals surface area contributed by atoms with Crippen LogP contribution in [0.5, 0.6) is 0 Å². The first kappa shape index (κ1) is 16.5. The fourth-order valence-corrected chi connectivity index (χ4v) is 2.49. The van der Waals surface area contributed by atoms with E-state index in [-0.39, 0.29) is 0 Å². The number of aryl methyl sites for hydroxylation is 1. The van der Waals surface area contributed by atoms with Crippen LogP contribution in [0, 0.1) is 18.3 Å². The summed E-state index contributed by atoms with van der Waals surface area (Å²) in [5.74, 6) is 1.40. The predicted molar refractivity (Wildman–Crippen MR) is 99.8 cm³/mol. The van der Waals surface area contributed by atoms with Gasteiger partial charge in [-0.1, -0.05) is 30.3 Å². The third-order valence-electron chi connectivity index (χ3n) is 3.73. The molecule has 3 rings (SSSR count). The minimum atomic E-state index is 0.632. The molecule has 3 aromatic rings. The summed E-state index contributed by atoms with van der Waals surface area (Å²) in [6, 6.07) is 21.5. The van der Waals surface area contributed by atoms with E-state index < -0.39 is 0 Å². The first-order valence-corrected chi connectivity index (χ1v) is 8.02. The first-order valence-electron chi connectivity index (χ1n) is 8.02. The van der Waals surface area contributed by atoms with Gasteiger partial charge in [-0.15, -0.1) is 0 Å². The van der Waals surface area contributed by atoms with Crippen LogP contribution < -0.4 is 10.2 Å². The zero-order chi connectivity index (χ0) is 17.6. The summed E-state index contributed by atoms with van der Waals surface area (Å²) in [5, 5.41) is 12.1. The Morgan fingerprint density at radius 2 is 1.76 bits per heavy atom. The summed E-state index contributed by atoms with van der Waals surface area (Å²) in [4.78, 5) is 11.2. The van der Waals surface area contributed by atoms with Gasteiger partial charge >= 0.3 is 0 Å². The highest BCUT2D eigenvalue weighted by molar-refractivity contribution is 5.58. The van der Waals surface area contributed by atoms with E-state index >= 15 is 0 Å². The Morgan fingerprint density at radius 1 is 1.04 bits per heavy atom. The van der Waals surface area contributed by atoms with Gasteiger partial charge < -0.3 is 10.2 Å². The smallest absolute Gasteiger partial charge is 0.227 e. The maximum Gasteiger partial charge on any atom is 0.227 e. The van der Waals surface area contributed by atoms with Crippen LogP contribution in [-0.2, 0) is 6.54 Å². The third kappa shape index (κ3) is 4.33. The predicted octanol–water partition coefficient (Wildman–Crippen LogP) is 4.04. The van der Waals surface area contributed by atoms with Crippen molar-refractivity contribution in [1.82, 2.24) is 9.97 Å². The Hall–Kier alpha value is -3.39. The van der Waals surface area contributed by atoms with Gasteiger partial charge in [0.15, 0.2) is 0 Å². The number of anilines is 3. The average molecular weight is 329 g/mol. The molecule has 0 atom stereocenters. The molecule has 1 aromatic heterocycles. The summed E-state index contributed by atoms with van der Waals surface area (Å²) in [7, 11) is 1.98. The van der Waals surface area contributed by atoms with Crippen LogP contribution in [0.4, 0.5) is 17.5 Å². The van der Waals surface area contributed by atoms with Crippen molar-refractivity contribution in [3.05, 3.63) is 77.5 Å². The topological polar surface area (TPSA) is 64.8 Å². The molecule has 0 aliphatic carbocycles. The Morgan fingerprint density at radius 3 is 2.44 bits per heavy atom. The van der Waals surface area contributed by atoms with Crippen molar-refractivity contribution in [3.8, 4) is 6.07 Å². The van der Waals surface area contributed by atoms with Gasteiger partial charge in [0.05, 0.1) is 11.6 Å². The van der Waals surface area contributed by atoms with Gasteiger partial charge in [-0.3, -0.25) is 0 Å². The van der Waals surface area contributed by atoms with Gasteiger partial charge in [0.25, 0.3) is 0 Å². The largest absolute Gasteiger partial charge is 0.340 e. The van der Waals surface area contributed by atoms with Crippen molar-refractivity contribution in [3.63, 3.8) is 0 Å². The summed E-state index contributed by atoms with van der Waals surface area (Å²) < 4.78 is 0. The molecule has 0 saturated heterocycles. The highest BCUT2D eigenvalue weighted by atomic mass is 15.2.